The zero-order valence-corrected chi connectivity index (χ0v) is 8.51. The van der Waals surface area contributed by atoms with Gasteiger partial charge >= 0.3 is 6.18 Å². The molecule has 3 nitrogen and oxygen atoms in total. The number of halogens is 3. The van der Waals surface area contributed by atoms with Crippen LogP contribution in [0.5, 0.6) is 5.88 Å². The van der Waals surface area contributed by atoms with Crippen LogP contribution in [0.2, 0.25) is 0 Å². The van der Waals surface area contributed by atoms with Crippen LogP contribution >= 0.6 is 11.3 Å². The Balaban J connectivity index is 2.48. The van der Waals surface area contributed by atoms with E-state index in [4.69, 9.17) is 0 Å². The van der Waals surface area contributed by atoms with Gasteiger partial charge in [-0.25, -0.2) is 0 Å². The molecular formula is C9H5F3N2OS. The summed E-state index contributed by atoms with van der Waals surface area (Å²) in [6.07, 6.45) is -3.11. The number of thiazole rings is 1. The van der Waals surface area contributed by atoms with Gasteiger partial charge in [0.15, 0.2) is 0 Å². The second kappa shape index (κ2) is 3.75. The SMILES string of the molecule is Oc1nc(C(F)(F)F)sc1-c1ccccn1. The van der Waals surface area contributed by atoms with Crippen molar-refractivity contribution in [3.63, 3.8) is 0 Å². The van der Waals surface area contributed by atoms with E-state index in [1.54, 1.807) is 12.1 Å². The largest absolute Gasteiger partial charge is 0.492 e. The van der Waals surface area contributed by atoms with E-state index in [0.717, 1.165) is 0 Å². The molecule has 0 aliphatic rings. The molecule has 0 saturated heterocycles. The van der Waals surface area contributed by atoms with Gasteiger partial charge in [0.05, 0.1) is 5.69 Å². The molecule has 0 atom stereocenters. The van der Waals surface area contributed by atoms with Gasteiger partial charge in [-0.2, -0.15) is 18.2 Å². The predicted molar refractivity (Wildman–Crippen MR) is 52.0 cm³/mol. The van der Waals surface area contributed by atoms with Gasteiger partial charge in [0.25, 0.3) is 0 Å². The monoisotopic (exact) mass is 246 g/mol. The third kappa shape index (κ3) is 1.99. The second-order valence-corrected chi connectivity index (χ2v) is 3.88. The highest BCUT2D eigenvalue weighted by atomic mass is 32.1. The average molecular weight is 246 g/mol. The van der Waals surface area contributed by atoms with Gasteiger partial charge < -0.3 is 5.11 Å². The number of hydrogen-bond acceptors (Lipinski definition) is 4. The molecule has 2 heterocycles. The van der Waals surface area contributed by atoms with E-state index in [-0.39, 0.29) is 10.6 Å². The summed E-state index contributed by atoms with van der Waals surface area (Å²) < 4.78 is 36.9. The molecule has 0 spiro atoms. The van der Waals surface area contributed by atoms with Crippen LogP contribution in [0, 0.1) is 0 Å². The third-order valence-corrected chi connectivity index (χ3v) is 2.86. The molecule has 16 heavy (non-hydrogen) atoms. The quantitative estimate of drug-likeness (QED) is 0.841. The summed E-state index contributed by atoms with van der Waals surface area (Å²) in [5.74, 6) is -0.643. The molecule has 7 heteroatoms. The van der Waals surface area contributed by atoms with Crippen molar-refractivity contribution in [3.05, 3.63) is 29.4 Å². The average Bonchev–Trinajstić information content (AvgIpc) is 2.61. The number of rotatable bonds is 1. The second-order valence-electron chi connectivity index (χ2n) is 2.88. The molecule has 2 aromatic rings. The van der Waals surface area contributed by atoms with Crippen LogP contribution < -0.4 is 0 Å². The molecule has 0 aromatic carbocycles. The molecule has 0 fully saturated rings. The van der Waals surface area contributed by atoms with Gasteiger partial charge in [0.2, 0.25) is 10.9 Å². The maximum atomic E-state index is 12.3. The van der Waals surface area contributed by atoms with Gasteiger partial charge in [-0.1, -0.05) is 6.07 Å². The summed E-state index contributed by atoms with van der Waals surface area (Å²) >= 11 is 0.371. The summed E-state index contributed by atoms with van der Waals surface area (Å²) in [6.45, 7) is 0. The Hall–Kier alpha value is -1.63. The van der Waals surface area contributed by atoms with Crippen molar-refractivity contribution >= 4 is 11.3 Å². The topological polar surface area (TPSA) is 46.0 Å². The lowest BCUT2D eigenvalue weighted by atomic mass is 10.3. The summed E-state index contributed by atoms with van der Waals surface area (Å²) in [5.41, 5.74) is 0.271. The van der Waals surface area contributed by atoms with Crippen LogP contribution in [0.4, 0.5) is 13.2 Å². The molecule has 0 unspecified atom stereocenters. The van der Waals surface area contributed by atoms with Crippen molar-refractivity contribution in [2.75, 3.05) is 0 Å². The fraction of sp³-hybridized carbons (Fsp3) is 0.111. The summed E-state index contributed by atoms with van der Waals surface area (Å²) in [4.78, 5) is 6.94. The van der Waals surface area contributed by atoms with Crippen molar-refractivity contribution in [2.45, 2.75) is 6.18 Å². The standard InChI is InChI=1S/C9H5F3N2OS/c10-9(11,12)8-14-7(15)6(16-8)5-3-1-2-4-13-5/h1-4,15H. The number of pyridine rings is 1. The van der Waals surface area contributed by atoms with Crippen molar-refractivity contribution in [2.24, 2.45) is 0 Å². The van der Waals surface area contributed by atoms with Crippen molar-refractivity contribution in [1.82, 2.24) is 9.97 Å². The smallest absolute Gasteiger partial charge is 0.443 e. The summed E-state index contributed by atoms with van der Waals surface area (Å²) in [7, 11) is 0. The van der Waals surface area contributed by atoms with E-state index in [9.17, 15) is 18.3 Å². The lowest BCUT2D eigenvalue weighted by Gasteiger charge is -1.98. The van der Waals surface area contributed by atoms with Crippen molar-refractivity contribution in [1.29, 1.82) is 0 Å². The first-order valence-electron chi connectivity index (χ1n) is 4.17. The summed E-state index contributed by atoms with van der Waals surface area (Å²) in [6, 6.07) is 4.76. The molecular weight excluding hydrogens is 241 g/mol. The zero-order chi connectivity index (χ0) is 11.8. The van der Waals surface area contributed by atoms with Gasteiger partial charge in [-0.3, -0.25) is 4.98 Å². The van der Waals surface area contributed by atoms with Crippen molar-refractivity contribution < 1.29 is 18.3 Å². The minimum Gasteiger partial charge on any atom is -0.492 e. The molecule has 84 valence electrons. The highest BCUT2D eigenvalue weighted by Crippen LogP contribution is 2.40. The first-order valence-corrected chi connectivity index (χ1v) is 4.98. The van der Waals surface area contributed by atoms with E-state index in [1.807, 2.05) is 0 Å². The lowest BCUT2D eigenvalue weighted by molar-refractivity contribution is -0.137. The number of alkyl halides is 3. The minimum absolute atomic E-state index is 0.0212. The zero-order valence-electron chi connectivity index (χ0n) is 7.69. The van der Waals surface area contributed by atoms with Crippen LogP contribution in [0.25, 0.3) is 10.6 Å². The molecule has 0 aliphatic carbocycles. The number of nitrogens with zero attached hydrogens (tertiary/aromatic N) is 2. The highest BCUT2D eigenvalue weighted by molar-refractivity contribution is 7.15. The van der Waals surface area contributed by atoms with Crippen LogP contribution in [-0.2, 0) is 6.18 Å². The number of aromatic nitrogens is 2. The first kappa shape index (κ1) is 10.9. The Morgan fingerprint density at radius 2 is 2.00 bits per heavy atom. The normalized spacial score (nSPS) is 11.7. The molecule has 0 bridgehead atoms. The Labute approximate surface area is 92.2 Å². The van der Waals surface area contributed by atoms with Crippen LogP contribution in [0.15, 0.2) is 24.4 Å². The van der Waals surface area contributed by atoms with E-state index in [0.29, 0.717) is 11.3 Å². The van der Waals surface area contributed by atoms with Gasteiger partial charge in [-0.05, 0) is 12.1 Å². The molecule has 0 radical (unpaired) electrons. The fourth-order valence-corrected chi connectivity index (χ4v) is 1.90. The van der Waals surface area contributed by atoms with Gasteiger partial charge in [0, 0.05) is 6.20 Å². The Morgan fingerprint density at radius 1 is 1.25 bits per heavy atom. The molecule has 0 saturated carbocycles. The van der Waals surface area contributed by atoms with E-state index in [2.05, 4.69) is 9.97 Å². The van der Waals surface area contributed by atoms with Crippen molar-refractivity contribution in [3.8, 4) is 16.5 Å². The maximum absolute atomic E-state index is 12.3. The highest BCUT2D eigenvalue weighted by Gasteiger charge is 2.36. The van der Waals surface area contributed by atoms with Crippen LogP contribution in [0.3, 0.4) is 0 Å². The molecule has 0 aliphatic heterocycles. The number of aromatic hydroxyl groups is 1. The molecule has 0 amide bonds. The van der Waals surface area contributed by atoms with E-state index < -0.39 is 17.1 Å². The predicted octanol–water partition coefficient (Wildman–Crippen LogP) is 2.93. The van der Waals surface area contributed by atoms with Gasteiger partial charge in [-0.15, -0.1) is 11.3 Å². The Bertz CT molecular complexity index is 495. The Morgan fingerprint density at radius 3 is 2.50 bits per heavy atom. The van der Waals surface area contributed by atoms with Crippen LogP contribution in [-0.4, -0.2) is 15.1 Å². The van der Waals surface area contributed by atoms with E-state index >= 15 is 0 Å². The minimum atomic E-state index is -4.55. The lowest BCUT2D eigenvalue weighted by Crippen LogP contribution is -2.03. The number of hydrogen-bond donors (Lipinski definition) is 1. The first-order chi connectivity index (χ1) is 7.48. The molecule has 1 N–H and O–H groups in total. The third-order valence-electron chi connectivity index (χ3n) is 1.75. The molecule has 2 aromatic heterocycles. The Kier molecular flexibility index (Phi) is 2.55. The van der Waals surface area contributed by atoms with Gasteiger partial charge in [0.1, 0.15) is 4.88 Å². The van der Waals surface area contributed by atoms with Crippen LogP contribution in [0.1, 0.15) is 5.01 Å². The molecule has 2 rings (SSSR count). The fourth-order valence-electron chi connectivity index (χ4n) is 1.10. The van der Waals surface area contributed by atoms with E-state index in [1.165, 1.54) is 12.3 Å². The maximum Gasteiger partial charge on any atom is 0.443 e. The summed E-state index contributed by atoms with van der Waals surface area (Å²) in [5, 5.41) is 8.23.